The van der Waals surface area contributed by atoms with E-state index < -0.39 is 11.6 Å². The van der Waals surface area contributed by atoms with E-state index in [0.717, 1.165) is 19.1 Å². The molecule has 1 saturated heterocycles. The maximum Gasteiger partial charge on any atom is 0.130 e. The number of halogens is 2. The van der Waals surface area contributed by atoms with E-state index in [-0.39, 0.29) is 11.5 Å². The number of fused-ring (bicyclic) bond motifs is 1. The van der Waals surface area contributed by atoms with Crippen molar-refractivity contribution in [1.82, 2.24) is 5.32 Å². The standard InChI is InChI=1S/C16H21F2NO/c1-9(11-5-4-10(17)8-13(11)18)19-14-12-6-7-20-15(12)16(14,2)3/h4-5,8-9,12,14-15,19H,6-7H2,1-3H3. The number of hydrogen-bond acceptors (Lipinski definition) is 2. The highest BCUT2D eigenvalue weighted by Crippen LogP contribution is 2.52. The molecule has 4 heteroatoms. The molecule has 3 rings (SSSR count). The summed E-state index contributed by atoms with van der Waals surface area (Å²) in [6.45, 7) is 7.11. The minimum Gasteiger partial charge on any atom is -0.377 e. The zero-order valence-electron chi connectivity index (χ0n) is 12.1. The molecule has 1 aromatic rings. The van der Waals surface area contributed by atoms with Crippen LogP contribution in [0.25, 0.3) is 0 Å². The van der Waals surface area contributed by atoms with Gasteiger partial charge in [-0.1, -0.05) is 19.9 Å². The predicted molar refractivity (Wildman–Crippen MR) is 73.3 cm³/mol. The Kier molecular flexibility index (Phi) is 3.33. The average molecular weight is 281 g/mol. The van der Waals surface area contributed by atoms with E-state index in [1.54, 1.807) is 0 Å². The quantitative estimate of drug-likeness (QED) is 0.916. The lowest BCUT2D eigenvalue weighted by molar-refractivity contribution is -0.115. The maximum atomic E-state index is 13.8. The zero-order valence-corrected chi connectivity index (χ0v) is 12.1. The van der Waals surface area contributed by atoms with E-state index in [0.29, 0.717) is 23.6 Å². The van der Waals surface area contributed by atoms with Gasteiger partial charge in [-0.3, -0.25) is 0 Å². The Balaban J connectivity index is 1.74. The fourth-order valence-corrected chi connectivity index (χ4v) is 3.87. The summed E-state index contributed by atoms with van der Waals surface area (Å²) in [6, 6.07) is 3.96. The normalized spacial score (nSPS) is 32.5. The summed E-state index contributed by atoms with van der Waals surface area (Å²) in [5, 5.41) is 3.51. The van der Waals surface area contributed by atoms with E-state index in [4.69, 9.17) is 4.74 Å². The summed E-state index contributed by atoms with van der Waals surface area (Å²) < 4.78 is 32.6. The number of nitrogens with one attached hydrogen (secondary N) is 1. The first kappa shape index (κ1) is 14.0. The lowest BCUT2D eigenvalue weighted by Gasteiger charge is -2.55. The van der Waals surface area contributed by atoms with Gasteiger partial charge >= 0.3 is 0 Å². The SMILES string of the molecule is CC(NC1C2CCOC2C1(C)C)c1ccc(F)cc1F. The Labute approximate surface area is 118 Å². The number of hydrogen-bond donors (Lipinski definition) is 1. The molecule has 1 aliphatic carbocycles. The number of ether oxygens (including phenoxy) is 1. The van der Waals surface area contributed by atoms with E-state index in [1.165, 1.54) is 12.1 Å². The summed E-state index contributed by atoms with van der Waals surface area (Å²) in [5.41, 5.74) is 0.580. The van der Waals surface area contributed by atoms with E-state index in [1.807, 2.05) is 6.92 Å². The van der Waals surface area contributed by atoms with Gasteiger partial charge < -0.3 is 10.1 Å². The van der Waals surface area contributed by atoms with Crippen LogP contribution in [-0.4, -0.2) is 18.8 Å². The molecule has 1 aliphatic heterocycles. The van der Waals surface area contributed by atoms with Crippen LogP contribution >= 0.6 is 0 Å². The van der Waals surface area contributed by atoms with Gasteiger partial charge in [0.05, 0.1) is 6.10 Å². The predicted octanol–water partition coefficient (Wildman–Crippen LogP) is 3.43. The highest BCUT2D eigenvalue weighted by Gasteiger charge is 2.59. The summed E-state index contributed by atoms with van der Waals surface area (Å²) >= 11 is 0. The van der Waals surface area contributed by atoms with Crippen LogP contribution in [0.1, 0.15) is 38.8 Å². The number of rotatable bonds is 3. The molecule has 4 unspecified atom stereocenters. The fraction of sp³-hybridized carbons (Fsp3) is 0.625. The zero-order chi connectivity index (χ0) is 14.5. The summed E-state index contributed by atoms with van der Waals surface area (Å²) in [4.78, 5) is 0. The van der Waals surface area contributed by atoms with Crippen molar-refractivity contribution in [3.8, 4) is 0 Å². The Hall–Kier alpha value is -1.00. The Morgan fingerprint density at radius 3 is 2.80 bits per heavy atom. The molecule has 1 heterocycles. The van der Waals surface area contributed by atoms with E-state index in [9.17, 15) is 8.78 Å². The molecular weight excluding hydrogens is 260 g/mol. The third-order valence-corrected chi connectivity index (χ3v) is 4.96. The van der Waals surface area contributed by atoms with Gasteiger partial charge in [0.1, 0.15) is 11.6 Å². The fourth-order valence-electron chi connectivity index (χ4n) is 3.87. The molecule has 0 aromatic heterocycles. The first-order valence-electron chi connectivity index (χ1n) is 7.24. The second-order valence-electron chi connectivity index (χ2n) is 6.60. The summed E-state index contributed by atoms with van der Waals surface area (Å²) in [6.07, 6.45) is 1.37. The van der Waals surface area contributed by atoms with Crippen LogP contribution in [0.5, 0.6) is 0 Å². The van der Waals surface area contributed by atoms with Crippen LogP contribution in [0.3, 0.4) is 0 Å². The van der Waals surface area contributed by atoms with Crippen molar-refractivity contribution < 1.29 is 13.5 Å². The van der Waals surface area contributed by atoms with Gasteiger partial charge in [-0.2, -0.15) is 0 Å². The first-order valence-corrected chi connectivity index (χ1v) is 7.24. The highest BCUT2D eigenvalue weighted by molar-refractivity contribution is 5.23. The molecule has 0 amide bonds. The molecule has 4 atom stereocenters. The third kappa shape index (κ3) is 2.06. The molecule has 1 aromatic carbocycles. The average Bonchev–Trinajstić information content (AvgIpc) is 2.82. The van der Waals surface area contributed by atoms with Crippen molar-refractivity contribution in [2.75, 3.05) is 6.61 Å². The first-order chi connectivity index (χ1) is 9.41. The topological polar surface area (TPSA) is 21.3 Å². The molecule has 110 valence electrons. The monoisotopic (exact) mass is 281 g/mol. The van der Waals surface area contributed by atoms with Gasteiger partial charge in [-0.15, -0.1) is 0 Å². The summed E-state index contributed by atoms with van der Waals surface area (Å²) in [7, 11) is 0. The molecule has 1 N–H and O–H groups in total. The maximum absolute atomic E-state index is 13.8. The van der Waals surface area contributed by atoms with Crippen molar-refractivity contribution in [3.05, 3.63) is 35.4 Å². The van der Waals surface area contributed by atoms with Crippen molar-refractivity contribution >= 4 is 0 Å². The Morgan fingerprint density at radius 2 is 2.10 bits per heavy atom. The molecule has 1 saturated carbocycles. The van der Waals surface area contributed by atoms with Gasteiger partial charge in [-0.05, 0) is 19.4 Å². The second-order valence-corrected chi connectivity index (χ2v) is 6.60. The smallest absolute Gasteiger partial charge is 0.130 e. The van der Waals surface area contributed by atoms with E-state index in [2.05, 4.69) is 19.2 Å². The second kappa shape index (κ2) is 4.78. The Bertz CT molecular complexity index is 517. The molecule has 2 fully saturated rings. The van der Waals surface area contributed by atoms with Gasteiger partial charge in [0.2, 0.25) is 0 Å². The van der Waals surface area contributed by atoms with Gasteiger partial charge in [0, 0.05) is 41.7 Å². The molecule has 0 bridgehead atoms. The minimum atomic E-state index is -0.535. The van der Waals surface area contributed by atoms with Crippen LogP contribution in [0.4, 0.5) is 8.78 Å². The molecule has 0 radical (unpaired) electrons. The van der Waals surface area contributed by atoms with Crippen LogP contribution in [0.15, 0.2) is 18.2 Å². The largest absolute Gasteiger partial charge is 0.377 e. The molecule has 20 heavy (non-hydrogen) atoms. The number of benzene rings is 1. The van der Waals surface area contributed by atoms with Crippen molar-refractivity contribution in [2.24, 2.45) is 11.3 Å². The molecule has 0 spiro atoms. The summed E-state index contributed by atoms with van der Waals surface area (Å²) in [5.74, 6) is -0.510. The van der Waals surface area contributed by atoms with E-state index >= 15 is 0 Å². The van der Waals surface area contributed by atoms with Crippen molar-refractivity contribution in [1.29, 1.82) is 0 Å². The van der Waals surface area contributed by atoms with Crippen molar-refractivity contribution in [3.63, 3.8) is 0 Å². The molecule has 2 nitrogen and oxygen atoms in total. The van der Waals surface area contributed by atoms with Crippen LogP contribution in [0, 0.1) is 23.0 Å². The van der Waals surface area contributed by atoms with Crippen LogP contribution in [-0.2, 0) is 4.74 Å². The van der Waals surface area contributed by atoms with Gasteiger partial charge in [-0.25, -0.2) is 8.78 Å². The minimum absolute atomic E-state index is 0.0614. The lowest BCUT2D eigenvalue weighted by atomic mass is 9.57. The third-order valence-electron chi connectivity index (χ3n) is 4.96. The van der Waals surface area contributed by atoms with Gasteiger partial charge in [0.15, 0.2) is 0 Å². The van der Waals surface area contributed by atoms with Gasteiger partial charge in [0.25, 0.3) is 0 Å². The van der Waals surface area contributed by atoms with Crippen LogP contribution in [0.2, 0.25) is 0 Å². The van der Waals surface area contributed by atoms with Crippen LogP contribution < -0.4 is 5.32 Å². The molecular formula is C16H21F2NO. The Morgan fingerprint density at radius 1 is 1.35 bits per heavy atom. The highest BCUT2D eigenvalue weighted by atomic mass is 19.1. The lowest BCUT2D eigenvalue weighted by Crippen LogP contribution is -2.66. The van der Waals surface area contributed by atoms with Crippen molar-refractivity contribution in [2.45, 2.75) is 45.4 Å². The molecule has 2 aliphatic rings.